The Kier molecular flexibility index (Phi) is 2.96. The van der Waals surface area contributed by atoms with Gasteiger partial charge in [0.15, 0.2) is 0 Å². The van der Waals surface area contributed by atoms with Crippen LogP contribution in [-0.4, -0.2) is 24.0 Å². The Balaban J connectivity index is 1.58. The normalized spacial score (nSPS) is 24.2. The van der Waals surface area contributed by atoms with Crippen LogP contribution in [0, 0.1) is 6.07 Å². The first kappa shape index (κ1) is 10.3. The Labute approximate surface area is 98.5 Å². The van der Waals surface area contributed by atoms with Gasteiger partial charge in [-0.1, -0.05) is 30.7 Å². The second-order valence-corrected chi connectivity index (χ2v) is 5.21. The van der Waals surface area contributed by atoms with Gasteiger partial charge in [-0.2, -0.15) is 0 Å². The van der Waals surface area contributed by atoms with E-state index >= 15 is 0 Å². The van der Waals surface area contributed by atoms with Crippen LogP contribution in [0.25, 0.3) is 0 Å². The van der Waals surface area contributed by atoms with Gasteiger partial charge in [0.1, 0.15) is 0 Å². The highest BCUT2D eigenvalue weighted by atomic mass is 15.2. The van der Waals surface area contributed by atoms with Gasteiger partial charge in [-0.15, -0.1) is 0 Å². The van der Waals surface area contributed by atoms with Crippen molar-refractivity contribution in [3.05, 3.63) is 35.9 Å². The molecule has 2 aliphatic rings. The number of rotatable bonds is 2. The van der Waals surface area contributed by atoms with E-state index in [2.05, 4.69) is 29.2 Å². The van der Waals surface area contributed by atoms with Crippen molar-refractivity contribution in [2.45, 2.75) is 44.1 Å². The lowest BCUT2D eigenvalue weighted by atomic mass is 9.85. The molecule has 1 radical (unpaired) electrons. The zero-order chi connectivity index (χ0) is 10.8. The SMILES string of the molecule is [c]1ccccc1C1CCN(C2CCC2)CC1. The van der Waals surface area contributed by atoms with Gasteiger partial charge < -0.3 is 4.90 Å². The summed E-state index contributed by atoms with van der Waals surface area (Å²) in [4.78, 5) is 2.71. The highest BCUT2D eigenvalue weighted by molar-refractivity contribution is 5.18. The average Bonchev–Trinajstić information content (AvgIpc) is 2.29. The van der Waals surface area contributed by atoms with Crippen molar-refractivity contribution in [3.8, 4) is 0 Å². The quantitative estimate of drug-likeness (QED) is 0.730. The molecule has 1 aromatic carbocycles. The maximum absolute atomic E-state index is 3.39. The third-order valence-corrected chi connectivity index (χ3v) is 4.29. The summed E-state index contributed by atoms with van der Waals surface area (Å²) in [5, 5.41) is 0. The Morgan fingerprint density at radius 2 is 1.88 bits per heavy atom. The van der Waals surface area contributed by atoms with Crippen LogP contribution in [-0.2, 0) is 0 Å². The second kappa shape index (κ2) is 4.58. The lowest BCUT2D eigenvalue weighted by molar-refractivity contribution is 0.0975. The maximum atomic E-state index is 3.39. The van der Waals surface area contributed by atoms with Crippen molar-refractivity contribution in [1.82, 2.24) is 4.90 Å². The van der Waals surface area contributed by atoms with E-state index in [0.29, 0.717) is 0 Å². The monoisotopic (exact) mass is 214 g/mol. The zero-order valence-corrected chi connectivity index (χ0v) is 9.86. The van der Waals surface area contributed by atoms with Crippen LogP contribution in [0.2, 0.25) is 0 Å². The molecule has 1 saturated heterocycles. The molecular weight excluding hydrogens is 194 g/mol. The van der Waals surface area contributed by atoms with Gasteiger partial charge in [-0.05, 0) is 56.3 Å². The van der Waals surface area contributed by atoms with E-state index in [-0.39, 0.29) is 0 Å². The van der Waals surface area contributed by atoms with Gasteiger partial charge >= 0.3 is 0 Å². The molecule has 85 valence electrons. The van der Waals surface area contributed by atoms with E-state index in [1.165, 1.54) is 50.8 Å². The summed E-state index contributed by atoms with van der Waals surface area (Å²) in [5.41, 5.74) is 1.43. The molecule has 1 aliphatic heterocycles. The van der Waals surface area contributed by atoms with E-state index in [1.54, 1.807) is 0 Å². The number of hydrogen-bond acceptors (Lipinski definition) is 1. The minimum Gasteiger partial charge on any atom is -0.300 e. The Morgan fingerprint density at radius 3 is 2.44 bits per heavy atom. The van der Waals surface area contributed by atoms with Gasteiger partial charge in [-0.3, -0.25) is 0 Å². The van der Waals surface area contributed by atoms with Crippen molar-refractivity contribution in [1.29, 1.82) is 0 Å². The van der Waals surface area contributed by atoms with Crippen LogP contribution in [0.5, 0.6) is 0 Å². The highest BCUT2D eigenvalue weighted by Crippen LogP contribution is 2.32. The lowest BCUT2D eigenvalue weighted by Gasteiger charge is -2.41. The summed E-state index contributed by atoms with van der Waals surface area (Å²) >= 11 is 0. The fraction of sp³-hybridized carbons (Fsp3) is 0.600. The van der Waals surface area contributed by atoms with Crippen molar-refractivity contribution < 1.29 is 0 Å². The van der Waals surface area contributed by atoms with Crippen molar-refractivity contribution in [3.63, 3.8) is 0 Å². The summed E-state index contributed by atoms with van der Waals surface area (Å²) < 4.78 is 0. The lowest BCUT2D eigenvalue weighted by Crippen LogP contribution is -2.44. The van der Waals surface area contributed by atoms with Crippen LogP contribution in [0.4, 0.5) is 0 Å². The third-order valence-electron chi connectivity index (χ3n) is 4.29. The molecule has 16 heavy (non-hydrogen) atoms. The topological polar surface area (TPSA) is 3.24 Å². The first-order valence-electron chi connectivity index (χ1n) is 6.64. The zero-order valence-electron chi connectivity index (χ0n) is 9.86. The second-order valence-electron chi connectivity index (χ2n) is 5.21. The molecule has 0 spiro atoms. The fourth-order valence-corrected chi connectivity index (χ4v) is 2.99. The van der Waals surface area contributed by atoms with Crippen LogP contribution >= 0.6 is 0 Å². The first-order chi connectivity index (χ1) is 7.93. The summed E-state index contributed by atoms with van der Waals surface area (Å²) in [6.07, 6.45) is 7.01. The number of piperidine rings is 1. The van der Waals surface area contributed by atoms with Crippen LogP contribution < -0.4 is 0 Å². The molecule has 0 aromatic heterocycles. The fourth-order valence-electron chi connectivity index (χ4n) is 2.99. The third kappa shape index (κ3) is 2.01. The Hall–Kier alpha value is -0.820. The van der Waals surface area contributed by atoms with Crippen LogP contribution in [0.3, 0.4) is 0 Å². The summed E-state index contributed by atoms with van der Waals surface area (Å²) in [6.45, 7) is 2.61. The van der Waals surface area contributed by atoms with Gasteiger partial charge in [0.05, 0.1) is 0 Å². The van der Waals surface area contributed by atoms with E-state index in [9.17, 15) is 0 Å². The molecule has 2 fully saturated rings. The molecule has 0 atom stereocenters. The molecule has 1 saturated carbocycles. The molecular formula is C15H20N. The molecule has 1 aliphatic carbocycles. The highest BCUT2D eigenvalue weighted by Gasteiger charge is 2.28. The first-order valence-corrected chi connectivity index (χ1v) is 6.64. The predicted molar refractivity (Wildman–Crippen MR) is 66.5 cm³/mol. The summed E-state index contributed by atoms with van der Waals surface area (Å²) in [6, 6.07) is 12.8. The van der Waals surface area contributed by atoms with Crippen LogP contribution in [0.1, 0.15) is 43.6 Å². The van der Waals surface area contributed by atoms with Gasteiger partial charge in [-0.25, -0.2) is 0 Å². The number of hydrogen-bond donors (Lipinski definition) is 0. The minimum absolute atomic E-state index is 0.762. The molecule has 0 bridgehead atoms. The molecule has 1 aromatic rings. The van der Waals surface area contributed by atoms with Crippen molar-refractivity contribution >= 4 is 0 Å². The molecule has 0 unspecified atom stereocenters. The molecule has 0 amide bonds. The maximum Gasteiger partial charge on any atom is 0.00952 e. The minimum atomic E-state index is 0.762. The van der Waals surface area contributed by atoms with E-state index in [0.717, 1.165) is 12.0 Å². The van der Waals surface area contributed by atoms with Crippen molar-refractivity contribution in [2.24, 2.45) is 0 Å². The molecule has 3 rings (SSSR count). The Morgan fingerprint density at radius 1 is 1.06 bits per heavy atom. The molecule has 0 N–H and O–H groups in total. The Bertz CT molecular complexity index is 321. The summed E-state index contributed by atoms with van der Waals surface area (Å²) in [7, 11) is 0. The molecule has 1 nitrogen and oxygen atoms in total. The van der Waals surface area contributed by atoms with Crippen molar-refractivity contribution in [2.75, 3.05) is 13.1 Å². The average molecular weight is 214 g/mol. The largest absolute Gasteiger partial charge is 0.300 e. The van der Waals surface area contributed by atoms with E-state index in [4.69, 9.17) is 0 Å². The molecule has 1 heterocycles. The smallest absolute Gasteiger partial charge is 0.00952 e. The van der Waals surface area contributed by atoms with Gasteiger partial charge in [0, 0.05) is 6.04 Å². The van der Waals surface area contributed by atoms with E-state index in [1.807, 2.05) is 6.07 Å². The van der Waals surface area contributed by atoms with Gasteiger partial charge in [0.2, 0.25) is 0 Å². The standard InChI is InChI=1S/C15H20N/c1-2-5-13(6-3-1)14-9-11-16(12-10-14)15-7-4-8-15/h1-3,5,14-15H,4,7-12H2. The number of benzene rings is 1. The number of likely N-dealkylation sites (tertiary alicyclic amines) is 1. The summed E-state index contributed by atoms with van der Waals surface area (Å²) in [5.74, 6) is 0.762. The molecule has 1 heteroatoms. The van der Waals surface area contributed by atoms with Gasteiger partial charge in [0.25, 0.3) is 0 Å². The van der Waals surface area contributed by atoms with Crippen LogP contribution in [0.15, 0.2) is 24.3 Å². The number of nitrogens with zero attached hydrogens (tertiary/aromatic N) is 1. The predicted octanol–water partition coefficient (Wildman–Crippen LogP) is 3.22. The van der Waals surface area contributed by atoms with E-state index < -0.39 is 0 Å².